The molecule has 4 nitrogen and oxygen atoms in total. The van der Waals surface area contributed by atoms with E-state index in [4.69, 9.17) is 0 Å². The third-order valence-electron chi connectivity index (χ3n) is 2.90. The van der Waals surface area contributed by atoms with Crippen LogP contribution in [0.1, 0.15) is 23.9 Å². The third kappa shape index (κ3) is 2.32. The Kier molecular flexibility index (Phi) is 3.55. The van der Waals surface area contributed by atoms with Gasteiger partial charge in [-0.25, -0.2) is 9.97 Å². The van der Waals surface area contributed by atoms with Crippen LogP contribution in [-0.4, -0.2) is 21.5 Å². The molecule has 0 bridgehead atoms. The number of aromatic nitrogens is 3. The fraction of sp³-hybridized carbons (Fsp3) is 0.357. The molecule has 4 heteroatoms. The zero-order valence-electron chi connectivity index (χ0n) is 11.3. The number of pyridine rings is 1. The first kappa shape index (κ1) is 12.5. The maximum Gasteiger partial charge on any atom is 0.133 e. The van der Waals surface area contributed by atoms with Gasteiger partial charge in [0, 0.05) is 30.1 Å². The van der Waals surface area contributed by atoms with Crippen molar-refractivity contribution in [2.75, 3.05) is 11.9 Å². The van der Waals surface area contributed by atoms with Crippen LogP contribution < -0.4 is 5.32 Å². The molecule has 0 aliphatic rings. The molecule has 0 fully saturated rings. The first-order valence-corrected chi connectivity index (χ1v) is 6.13. The van der Waals surface area contributed by atoms with Gasteiger partial charge in [0.15, 0.2) is 0 Å². The molecule has 0 aliphatic carbocycles. The normalized spacial score (nSPS) is 10.4. The third-order valence-corrected chi connectivity index (χ3v) is 2.90. The molecule has 1 N–H and O–H groups in total. The van der Waals surface area contributed by atoms with Gasteiger partial charge >= 0.3 is 0 Å². The van der Waals surface area contributed by atoms with Crippen LogP contribution in [0.2, 0.25) is 0 Å². The van der Waals surface area contributed by atoms with Gasteiger partial charge in [-0.3, -0.25) is 4.98 Å². The van der Waals surface area contributed by atoms with E-state index in [1.165, 1.54) is 5.56 Å². The molecule has 0 saturated heterocycles. The summed E-state index contributed by atoms with van der Waals surface area (Å²) in [4.78, 5) is 13.2. The summed E-state index contributed by atoms with van der Waals surface area (Å²) in [5, 5.41) is 3.27. The molecular formula is C14H18N4. The van der Waals surface area contributed by atoms with Crippen LogP contribution in [0.5, 0.6) is 0 Å². The molecule has 0 amide bonds. The zero-order chi connectivity index (χ0) is 13.1. The van der Waals surface area contributed by atoms with E-state index < -0.39 is 0 Å². The molecule has 0 aromatic carbocycles. The van der Waals surface area contributed by atoms with Crippen molar-refractivity contribution in [1.82, 2.24) is 15.0 Å². The highest BCUT2D eigenvalue weighted by molar-refractivity contribution is 5.70. The molecule has 94 valence electrons. The molecule has 2 aromatic heterocycles. The van der Waals surface area contributed by atoms with Crippen LogP contribution in [0.15, 0.2) is 18.5 Å². The van der Waals surface area contributed by atoms with E-state index in [1.807, 2.05) is 26.1 Å². The smallest absolute Gasteiger partial charge is 0.133 e. The highest BCUT2D eigenvalue weighted by atomic mass is 15.0. The lowest BCUT2D eigenvalue weighted by Gasteiger charge is -2.13. The van der Waals surface area contributed by atoms with E-state index in [0.29, 0.717) is 0 Å². The fourth-order valence-electron chi connectivity index (χ4n) is 1.94. The van der Waals surface area contributed by atoms with Crippen LogP contribution in [0.3, 0.4) is 0 Å². The first-order chi connectivity index (χ1) is 8.63. The summed E-state index contributed by atoms with van der Waals surface area (Å²) >= 11 is 0. The van der Waals surface area contributed by atoms with Crippen LogP contribution >= 0.6 is 0 Å². The standard InChI is InChI=1S/C14H18N4/c1-5-16-14-10(3)13(17-11(4)18-14)12-8-15-7-6-9(12)2/h6-8H,5H2,1-4H3,(H,16,17,18). The number of nitrogens with zero attached hydrogens (tertiary/aromatic N) is 3. The fourth-order valence-corrected chi connectivity index (χ4v) is 1.94. The minimum atomic E-state index is 0.773. The van der Waals surface area contributed by atoms with Crippen molar-refractivity contribution in [2.45, 2.75) is 27.7 Å². The topological polar surface area (TPSA) is 50.7 Å². The number of nitrogens with one attached hydrogen (secondary N) is 1. The molecule has 2 rings (SSSR count). The van der Waals surface area contributed by atoms with Crippen molar-refractivity contribution in [3.05, 3.63) is 35.4 Å². The van der Waals surface area contributed by atoms with Crippen molar-refractivity contribution in [2.24, 2.45) is 0 Å². The Morgan fingerprint density at radius 1 is 1.17 bits per heavy atom. The maximum absolute atomic E-state index is 4.56. The molecule has 0 atom stereocenters. The van der Waals surface area contributed by atoms with Crippen molar-refractivity contribution in [3.8, 4) is 11.3 Å². The average molecular weight is 242 g/mol. The van der Waals surface area contributed by atoms with Crippen molar-refractivity contribution in [3.63, 3.8) is 0 Å². The van der Waals surface area contributed by atoms with Gasteiger partial charge in [0.1, 0.15) is 11.6 Å². The lowest BCUT2D eigenvalue weighted by molar-refractivity contribution is 1.02. The predicted octanol–water partition coefficient (Wildman–Crippen LogP) is 2.90. The van der Waals surface area contributed by atoms with Gasteiger partial charge in [-0.1, -0.05) is 0 Å². The Morgan fingerprint density at radius 2 is 1.94 bits per heavy atom. The van der Waals surface area contributed by atoms with Gasteiger partial charge in [-0.2, -0.15) is 0 Å². The quantitative estimate of drug-likeness (QED) is 0.899. The summed E-state index contributed by atoms with van der Waals surface area (Å²) < 4.78 is 0. The van der Waals surface area contributed by atoms with Crippen molar-refractivity contribution in [1.29, 1.82) is 0 Å². The summed E-state index contributed by atoms with van der Waals surface area (Å²) in [5.74, 6) is 1.68. The van der Waals surface area contributed by atoms with E-state index in [2.05, 4.69) is 34.1 Å². The second-order valence-electron chi connectivity index (χ2n) is 4.31. The van der Waals surface area contributed by atoms with Crippen LogP contribution in [0.25, 0.3) is 11.3 Å². The van der Waals surface area contributed by atoms with E-state index in [0.717, 1.165) is 35.0 Å². The second-order valence-corrected chi connectivity index (χ2v) is 4.31. The van der Waals surface area contributed by atoms with Crippen molar-refractivity contribution >= 4 is 5.82 Å². The minimum Gasteiger partial charge on any atom is -0.370 e. The first-order valence-electron chi connectivity index (χ1n) is 6.13. The maximum atomic E-state index is 4.56. The SMILES string of the molecule is CCNc1nc(C)nc(-c2cnccc2C)c1C. The molecule has 0 saturated carbocycles. The lowest BCUT2D eigenvalue weighted by atomic mass is 10.0. The van der Waals surface area contributed by atoms with Gasteiger partial charge in [0.2, 0.25) is 0 Å². The highest BCUT2D eigenvalue weighted by Crippen LogP contribution is 2.27. The summed E-state index contributed by atoms with van der Waals surface area (Å²) in [6.07, 6.45) is 3.66. The van der Waals surface area contributed by atoms with Gasteiger partial charge in [-0.15, -0.1) is 0 Å². The zero-order valence-corrected chi connectivity index (χ0v) is 11.3. The molecule has 18 heavy (non-hydrogen) atoms. The number of aryl methyl sites for hydroxylation is 2. The number of rotatable bonds is 3. The number of hydrogen-bond acceptors (Lipinski definition) is 4. The Labute approximate surface area is 108 Å². The van der Waals surface area contributed by atoms with E-state index in [1.54, 1.807) is 6.20 Å². The molecular weight excluding hydrogens is 224 g/mol. The van der Waals surface area contributed by atoms with Gasteiger partial charge in [0.05, 0.1) is 5.69 Å². The van der Waals surface area contributed by atoms with Gasteiger partial charge in [-0.05, 0) is 39.3 Å². The molecule has 2 aromatic rings. The Bertz CT molecular complexity index is 564. The van der Waals surface area contributed by atoms with E-state index in [-0.39, 0.29) is 0 Å². The van der Waals surface area contributed by atoms with E-state index in [9.17, 15) is 0 Å². The molecule has 0 radical (unpaired) electrons. The van der Waals surface area contributed by atoms with E-state index >= 15 is 0 Å². The Balaban J connectivity index is 2.61. The Morgan fingerprint density at radius 3 is 2.61 bits per heavy atom. The summed E-state index contributed by atoms with van der Waals surface area (Å²) in [6.45, 7) is 8.93. The minimum absolute atomic E-state index is 0.773. The predicted molar refractivity (Wildman–Crippen MR) is 73.6 cm³/mol. The molecule has 0 spiro atoms. The number of anilines is 1. The summed E-state index contributed by atoms with van der Waals surface area (Å²) in [7, 11) is 0. The number of hydrogen-bond donors (Lipinski definition) is 1. The van der Waals surface area contributed by atoms with Crippen LogP contribution in [0, 0.1) is 20.8 Å². The highest BCUT2D eigenvalue weighted by Gasteiger charge is 2.12. The van der Waals surface area contributed by atoms with Crippen LogP contribution in [0.4, 0.5) is 5.82 Å². The second kappa shape index (κ2) is 5.12. The van der Waals surface area contributed by atoms with Crippen molar-refractivity contribution < 1.29 is 0 Å². The monoisotopic (exact) mass is 242 g/mol. The average Bonchev–Trinajstić information content (AvgIpc) is 2.34. The van der Waals surface area contributed by atoms with Gasteiger partial charge in [0.25, 0.3) is 0 Å². The molecule has 0 aliphatic heterocycles. The van der Waals surface area contributed by atoms with Crippen LogP contribution in [-0.2, 0) is 0 Å². The largest absolute Gasteiger partial charge is 0.370 e. The lowest BCUT2D eigenvalue weighted by Crippen LogP contribution is -2.06. The molecule has 2 heterocycles. The van der Waals surface area contributed by atoms with Gasteiger partial charge < -0.3 is 5.32 Å². The summed E-state index contributed by atoms with van der Waals surface area (Å²) in [5.41, 5.74) is 4.27. The summed E-state index contributed by atoms with van der Waals surface area (Å²) in [6, 6.07) is 2.00. The molecule has 0 unspecified atom stereocenters. The Hall–Kier alpha value is -1.97.